The molecule has 3 rings (SSSR count). The Bertz CT molecular complexity index is 679. The van der Waals surface area contributed by atoms with E-state index in [1.165, 1.54) is 0 Å². The van der Waals surface area contributed by atoms with Gasteiger partial charge in [0.25, 0.3) is 5.91 Å². The quantitative estimate of drug-likeness (QED) is 0.936. The second kappa shape index (κ2) is 7.47. The van der Waals surface area contributed by atoms with Gasteiger partial charge in [-0.3, -0.25) is 9.78 Å². The Kier molecular flexibility index (Phi) is 5.13. The van der Waals surface area contributed by atoms with Crippen LogP contribution in [0.2, 0.25) is 0 Å². The standard InChI is InChI=1S/C18H25N5O/c1-19-17-13-20-15(12-21-17)11-14-5-3-9-23(10-7-14)18(24)16-6-4-8-22(16)2/h4,6,8,12-14H,3,5,7,9-11H2,1-2H3,(H,19,21)/t14-/m1/s1. The lowest BCUT2D eigenvalue weighted by Gasteiger charge is -2.21. The van der Waals surface area contributed by atoms with Crippen molar-refractivity contribution < 1.29 is 4.79 Å². The number of aromatic nitrogens is 3. The van der Waals surface area contributed by atoms with E-state index in [1.54, 1.807) is 6.20 Å². The van der Waals surface area contributed by atoms with Crippen molar-refractivity contribution in [3.63, 3.8) is 0 Å². The number of amides is 1. The normalized spacial score (nSPS) is 18.2. The van der Waals surface area contributed by atoms with Crippen molar-refractivity contribution in [1.82, 2.24) is 19.4 Å². The van der Waals surface area contributed by atoms with Crippen LogP contribution in [0.25, 0.3) is 0 Å². The van der Waals surface area contributed by atoms with E-state index in [2.05, 4.69) is 15.3 Å². The van der Waals surface area contributed by atoms with Crippen LogP contribution in [0, 0.1) is 5.92 Å². The number of anilines is 1. The van der Waals surface area contributed by atoms with Gasteiger partial charge < -0.3 is 14.8 Å². The van der Waals surface area contributed by atoms with Crippen LogP contribution in [-0.4, -0.2) is 45.5 Å². The van der Waals surface area contributed by atoms with Crippen molar-refractivity contribution in [2.45, 2.75) is 25.7 Å². The van der Waals surface area contributed by atoms with Crippen LogP contribution in [0.3, 0.4) is 0 Å². The summed E-state index contributed by atoms with van der Waals surface area (Å²) in [7, 11) is 3.76. The molecule has 1 amide bonds. The van der Waals surface area contributed by atoms with Gasteiger partial charge in [-0.1, -0.05) is 0 Å². The van der Waals surface area contributed by atoms with E-state index in [0.29, 0.717) is 5.92 Å². The van der Waals surface area contributed by atoms with Gasteiger partial charge >= 0.3 is 0 Å². The van der Waals surface area contributed by atoms with Crippen LogP contribution in [0.1, 0.15) is 35.4 Å². The fourth-order valence-corrected chi connectivity index (χ4v) is 3.30. The molecular weight excluding hydrogens is 302 g/mol. The molecule has 0 radical (unpaired) electrons. The van der Waals surface area contributed by atoms with E-state index in [1.807, 2.05) is 48.1 Å². The first kappa shape index (κ1) is 16.5. The van der Waals surface area contributed by atoms with Crippen LogP contribution in [0.4, 0.5) is 5.82 Å². The number of aryl methyl sites for hydroxylation is 1. The molecule has 0 aliphatic carbocycles. The molecule has 2 aromatic heterocycles. The van der Waals surface area contributed by atoms with Gasteiger partial charge in [0.2, 0.25) is 0 Å². The average Bonchev–Trinajstić information content (AvgIpc) is 2.89. The van der Waals surface area contributed by atoms with E-state index in [9.17, 15) is 4.79 Å². The third kappa shape index (κ3) is 3.75. The Labute approximate surface area is 142 Å². The highest BCUT2D eigenvalue weighted by atomic mass is 16.2. The van der Waals surface area contributed by atoms with Crippen molar-refractivity contribution in [3.8, 4) is 0 Å². The van der Waals surface area contributed by atoms with E-state index in [-0.39, 0.29) is 5.91 Å². The first-order valence-corrected chi connectivity index (χ1v) is 8.56. The molecule has 1 aliphatic rings. The second-order valence-corrected chi connectivity index (χ2v) is 6.44. The fraction of sp³-hybridized carbons (Fsp3) is 0.500. The van der Waals surface area contributed by atoms with Crippen LogP contribution in [-0.2, 0) is 13.5 Å². The largest absolute Gasteiger partial charge is 0.372 e. The van der Waals surface area contributed by atoms with Crippen LogP contribution in [0.15, 0.2) is 30.7 Å². The van der Waals surface area contributed by atoms with Gasteiger partial charge in [-0.25, -0.2) is 4.98 Å². The lowest BCUT2D eigenvalue weighted by atomic mass is 9.95. The van der Waals surface area contributed by atoms with Crippen molar-refractivity contribution in [2.75, 3.05) is 25.5 Å². The predicted molar refractivity (Wildman–Crippen MR) is 93.9 cm³/mol. The summed E-state index contributed by atoms with van der Waals surface area (Å²) in [6, 6.07) is 3.81. The summed E-state index contributed by atoms with van der Waals surface area (Å²) in [4.78, 5) is 23.4. The van der Waals surface area contributed by atoms with Gasteiger partial charge in [-0.05, 0) is 43.7 Å². The zero-order valence-electron chi connectivity index (χ0n) is 14.4. The molecule has 0 unspecified atom stereocenters. The molecule has 0 bridgehead atoms. The molecule has 1 aliphatic heterocycles. The fourth-order valence-electron chi connectivity index (χ4n) is 3.30. The third-order valence-corrected chi connectivity index (χ3v) is 4.76. The molecule has 1 N–H and O–H groups in total. The first-order chi connectivity index (χ1) is 11.7. The molecule has 6 heteroatoms. The maximum absolute atomic E-state index is 12.6. The molecule has 128 valence electrons. The number of nitrogens with zero attached hydrogens (tertiary/aromatic N) is 4. The summed E-state index contributed by atoms with van der Waals surface area (Å²) in [6.07, 6.45) is 9.67. The Morgan fingerprint density at radius 3 is 2.83 bits per heavy atom. The Balaban J connectivity index is 1.58. The first-order valence-electron chi connectivity index (χ1n) is 8.56. The van der Waals surface area contributed by atoms with Crippen molar-refractivity contribution >= 4 is 11.7 Å². The Hall–Kier alpha value is -2.37. The van der Waals surface area contributed by atoms with E-state index >= 15 is 0 Å². The molecule has 0 saturated carbocycles. The molecule has 1 saturated heterocycles. The van der Waals surface area contributed by atoms with Gasteiger partial charge in [0.15, 0.2) is 0 Å². The topological polar surface area (TPSA) is 63.1 Å². The molecule has 6 nitrogen and oxygen atoms in total. The number of nitrogens with one attached hydrogen (secondary N) is 1. The maximum atomic E-state index is 12.6. The Morgan fingerprint density at radius 1 is 1.29 bits per heavy atom. The minimum atomic E-state index is 0.140. The van der Waals surface area contributed by atoms with Crippen molar-refractivity contribution in [1.29, 1.82) is 0 Å². The molecule has 0 spiro atoms. The average molecular weight is 327 g/mol. The van der Waals surface area contributed by atoms with Gasteiger partial charge in [0.05, 0.1) is 18.1 Å². The summed E-state index contributed by atoms with van der Waals surface area (Å²) < 4.78 is 1.89. The number of carbonyl (C=O) groups excluding carboxylic acids is 1. The highest BCUT2D eigenvalue weighted by Crippen LogP contribution is 2.22. The SMILES string of the molecule is CNc1cnc(C[C@@H]2CCCN(C(=O)c3cccn3C)CC2)cn1. The number of likely N-dealkylation sites (tertiary alicyclic amines) is 1. The molecule has 3 heterocycles. The molecule has 1 atom stereocenters. The summed E-state index contributed by atoms with van der Waals surface area (Å²) in [6.45, 7) is 1.65. The van der Waals surface area contributed by atoms with E-state index < -0.39 is 0 Å². The predicted octanol–water partition coefficient (Wildman–Crippen LogP) is 2.34. The smallest absolute Gasteiger partial charge is 0.270 e. The van der Waals surface area contributed by atoms with Crippen molar-refractivity contribution in [3.05, 3.63) is 42.1 Å². The molecular formula is C18H25N5O. The number of hydrogen-bond acceptors (Lipinski definition) is 4. The van der Waals surface area contributed by atoms with Gasteiger partial charge in [0.1, 0.15) is 11.5 Å². The van der Waals surface area contributed by atoms with Gasteiger partial charge in [-0.2, -0.15) is 0 Å². The summed E-state index contributed by atoms with van der Waals surface area (Å²) >= 11 is 0. The maximum Gasteiger partial charge on any atom is 0.270 e. The van der Waals surface area contributed by atoms with E-state index in [0.717, 1.165) is 56.0 Å². The lowest BCUT2D eigenvalue weighted by Crippen LogP contribution is -2.33. The number of hydrogen-bond donors (Lipinski definition) is 1. The third-order valence-electron chi connectivity index (χ3n) is 4.76. The highest BCUT2D eigenvalue weighted by molar-refractivity contribution is 5.92. The highest BCUT2D eigenvalue weighted by Gasteiger charge is 2.23. The van der Waals surface area contributed by atoms with Crippen LogP contribution < -0.4 is 5.32 Å². The summed E-state index contributed by atoms with van der Waals surface area (Å²) in [5.74, 6) is 1.49. The van der Waals surface area contributed by atoms with Gasteiger partial charge in [0, 0.05) is 33.4 Å². The Morgan fingerprint density at radius 2 is 2.17 bits per heavy atom. The van der Waals surface area contributed by atoms with E-state index in [4.69, 9.17) is 0 Å². The lowest BCUT2D eigenvalue weighted by molar-refractivity contribution is 0.0750. The molecule has 2 aromatic rings. The second-order valence-electron chi connectivity index (χ2n) is 6.44. The monoisotopic (exact) mass is 327 g/mol. The zero-order valence-corrected chi connectivity index (χ0v) is 14.4. The minimum absolute atomic E-state index is 0.140. The van der Waals surface area contributed by atoms with Crippen molar-refractivity contribution in [2.24, 2.45) is 13.0 Å². The summed E-state index contributed by atoms with van der Waals surface area (Å²) in [5.41, 5.74) is 1.79. The van der Waals surface area contributed by atoms with Crippen LogP contribution >= 0.6 is 0 Å². The minimum Gasteiger partial charge on any atom is -0.372 e. The number of rotatable bonds is 4. The van der Waals surface area contributed by atoms with Crippen LogP contribution in [0.5, 0.6) is 0 Å². The number of carbonyl (C=O) groups is 1. The molecule has 24 heavy (non-hydrogen) atoms. The molecule has 1 fully saturated rings. The molecule has 0 aromatic carbocycles. The van der Waals surface area contributed by atoms with Gasteiger partial charge in [-0.15, -0.1) is 0 Å². The zero-order chi connectivity index (χ0) is 16.9. The summed E-state index contributed by atoms with van der Waals surface area (Å²) in [5, 5.41) is 2.98.